The van der Waals surface area contributed by atoms with E-state index in [1.165, 1.54) is 0 Å². The summed E-state index contributed by atoms with van der Waals surface area (Å²) in [6.07, 6.45) is 1.13. The lowest BCUT2D eigenvalue weighted by Crippen LogP contribution is -2.10. The van der Waals surface area contributed by atoms with Crippen LogP contribution in [-0.2, 0) is 0 Å². The number of benzene rings is 1. The molecule has 0 spiro atoms. The lowest BCUT2D eigenvalue weighted by atomic mass is 10.2. The van der Waals surface area contributed by atoms with Gasteiger partial charge in [-0.15, -0.1) is 0 Å². The van der Waals surface area contributed by atoms with Crippen molar-refractivity contribution in [2.24, 2.45) is 0 Å². The highest BCUT2D eigenvalue weighted by atomic mass is 16.5. The number of methoxy groups -OCH3 is 1. The van der Waals surface area contributed by atoms with Crippen molar-refractivity contribution in [3.05, 3.63) is 18.2 Å². The van der Waals surface area contributed by atoms with E-state index in [1.54, 1.807) is 19.2 Å². The molecule has 78 valence electrons. The van der Waals surface area contributed by atoms with E-state index in [1.807, 2.05) is 13.0 Å². The van der Waals surface area contributed by atoms with Gasteiger partial charge in [0.15, 0.2) is 11.5 Å². The van der Waals surface area contributed by atoms with E-state index in [0.717, 1.165) is 12.2 Å². The van der Waals surface area contributed by atoms with E-state index in [0.29, 0.717) is 11.4 Å². The number of anilines is 1. The number of nitrogen functional groups attached to an aromatic ring is 1. The van der Waals surface area contributed by atoms with Crippen LogP contribution in [0.25, 0.3) is 0 Å². The monoisotopic (exact) mass is 195 g/mol. The largest absolute Gasteiger partial charge is 0.493 e. The zero-order valence-corrected chi connectivity index (χ0v) is 8.91. The molecule has 3 heteroatoms. The predicted octanol–water partition coefficient (Wildman–Crippen LogP) is 2.45. The summed E-state index contributed by atoms with van der Waals surface area (Å²) in [6.45, 7) is 4.09. The second kappa shape index (κ2) is 4.74. The number of ether oxygens (including phenoxy) is 2. The molecule has 3 nitrogen and oxygen atoms in total. The van der Waals surface area contributed by atoms with Gasteiger partial charge in [-0.2, -0.15) is 0 Å². The van der Waals surface area contributed by atoms with Crippen LogP contribution in [0.5, 0.6) is 11.5 Å². The van der Waals surface area contributed by atoms with Crippen LogP contribution in [0, 0.1) is 0 Å². The second-order valence-corrected chi connectivity index (χ2v) is 3.25. The second-order valence-electron chi connectivity index (χ2n) is 3.25. The van der Waals surface area contributed by atoms with Crippen LogP contribution in [0.3, 0.4) is 0 Å². The first-order valence-electron chi connectivity index (χ1n) is 4.77. The third kappa shape index (κ3) is 2.55. The fraction of sp³-hybridized carbons (Fsp3) is 0.455. The fourth-order valence-corrected chi connectivity index (χ4v) is 1.09. The number of nitrogens with two attached hydrogens (primary N) is 1. The Bertz CT molecular complexity index is 299. The van der Waals surface area contributed by atoms with Gasteiger partial charge in [-0.25, -0.2) is 0 Å². The molecule has 0 bridgehead atoms. The molecule has 0 aliphatic rings. The van der Waals surface area contributed by atoms with Gasteiger partial charge in [0.25, 0.3) is 0 Å². The molecule has 1 atom stereocenters. The highest BCUT2D eigenvalue weighted by molar-refractivity contribution is 5.51. The number of hydrogen-bond acceptors (Lipinski definition) is 3. The maximum Gasteiger partial charge on any atom is 0.163 e. The van der Waals surface area contributed by atoms with Crippen molar-refractivity contribution in [3.63, 3.8) is 0 Å². The summed E-state index contributed by atoms with van der Waals surface area (Å²) >= 11 is 0. The summed E-state index contributed by atoms with van der Waals surface area (Å²) in [5, 5.41) is 0. The molecule has 0 heterocycles. The van der Waals surface area contributed by atoms with Crippen molar-refractivity contribution in [3.8, 4) is 11.5 Å². The van der Waals surface area contributed by atoms with Crippen LogP contribution in [0.4, 0.5) is 5.69 Å². The van der Waals surface area contributed by atoms with E-state index >= 15 is 0 Å². The highest BCUT2D eigenvalue weighted by Gasteiger charge is 2.07. The van der Waals surface area contributed by atoms with E-state index < -0.39 is 0 Å². The maximum absolute atomic E-state index is 5.66. The minimum absolute atomic E-state index is 0.172. The first kappa shape index (κ1) is 10.7. The lowest BCUT2D eigenvalue weighted by molar-refractivity contribution is 0.208. The van der Waals surface area contributed by atoms with Crippen molar-refractivity contribution in [1.29, 1.82) is 0 Å². The molecule has 1 rings (SSSR count). The summed E-state index contributed by atoms with van der Waals surface area (Å²) in [6, 6.07) is 5.39. The molecule has 0 radical (unpaired) electrons. The van der Waals surface area contributed by atoms with Crippen molar-refractivity contribution in [2.45, 2.75) is 26.4 Å². The quantitative estimate of drug-likeness (QED) is 0.750. The minimum atomic E-state index is 0.172. The smallest absolute Gasteiger partial charge is 0.163 e. The number of hydrogen-bond donors (Lipinski definition) is 1. The molecular formula is C11H17NO2. The molecule has 0 saturated heterocycles. The minimum Gasteiger partial charge on any atom is -0.493 e. The zero-order chi connectivity index (χ0) is 10.6. The molecule has 0 saturated carbocycles. The van der Waals surface area contributed by atoms with Crippen LogP contribution in [0.2, 0.25) is 0 Å². The van der Waals surface area contributed by atoms with Gasteiger partial charge in [-0.3, -0.25) is 0 Å². The van der Waals surface area contributed by atoms with Gasteiger partial charge >= 0.3 is 0 Å². The van der Waals surface area contributed by atoms with Gasteiger partial charge in [0.2, 0.25) is 0 Å². The molecular weight excluding hydrogens is 178 g/mol. The summed E-state index contributed by atoms with van der Waals surface area (Å²) in [5.74, 6) is 1.43. The van der Waals surface area contributed by atoms with Gasteiger partial charge in [-0.1, -0.05) is 6.92 Å². The third-order valence-corrected chi connectivity index (χ3v) is 2.09. The van der Waals surface area contributed by atoms with Crippen molar-refractivity contribution >= 4 is 5.69 Å². The van der Waals surface area contributed by atoms with Gasteiger partial charge < -0.3 is 15.2 Å². The summed E-state index contributed by atoms with van der Waals surface area (Å²) in [4.78, 5) is 0. The van der Waals surface area contributed by atoms with Crippen LogP contribution >= 0.6 is 0 Å². The Morgan fingerprint density at radius 3 is 2.64 bits per heavy atom. The molecule has 2 N–H and O–H groups in total. The fourth-order valence-electron chi connectivity index (χ4n) is 1.09. The first-order valence-corrected chi connectivity index (χ1v) is 4.77. The van der Waals surface area contributed by atoms with Gasteiger partial charge in [0.1, 0.15) is 0 Å². The molecule has 14 heavy (non-hydrogen) atoms. The number of rotatable bonds is 4. The zero-order valence-electron chi connectivity index (χ0n) is 8.91. The Kier molecular flexibility index (Phi) is 3.63. The summed E-state index contributed by atoms with van der Waals surface area (Å²) in [5.41, 5.74) is 6.35. The van der Waals surface area contributed by atoms with Gasteiger partial charge in [0, 0.05) is 11.8 Å². The summed E-state index contributed by atoms with van der Waals surface area (Å²) in [7, 11) is 1.62. The molecule has 0 amide bonds. The standard InChI is InChI=1S/C11H17NO2/c1-4-8(2)14-11-7-9(12)5-6-10(11)13-3/h5-8H,4,12H2,1-3H3. The van der Waals surface area contributed by atoms with Crippen LogP contribution in [-0.4, -0.2) is 13.2 Å². The van der Waals surface area contributed by atoms with Crippen molar-refractivity contribution in [1.82, 2.24) is 0 Å². The van der Waals surface area contributed by atoms with Crippen LogP contribution in [0.1, 0.15) is 20.3 Å². The molecule has 1 aromatic carbocycles. The van der Waals surface area contributed by atoms with Crippen molar-refractivity contribution < 1.29 is 9.47 Å². The molecule has 0 aliphatic heterocycles. The van der Waals surface area contributed by atoms with E-state index in [2.05, 4.69) is 6.92 Å². The molecule has 1 unspecified atom stereocenters. The normalized spacial score (nSPS) is 12.2. The average Bonchev–Trinajstić information content (AvgIpc) is 2.18. The summed E-state index contributed by atoms with van der Waals surface area (Å²) < 4.78 is 10.8. The topological polar surface area (TPSA) is 44.5 Å². The SMILES string of the molecule is CCC(C)Oc1cc(N)ccc1OC. The Labute approximate surface area is 84.8 Å². The van der Waals surface area contributed by atoms with Gasteiger partial charge in [0.05, 0.1) is 13.2 Å². The first-order chi connectivity index (χ1) is 6.67. The Hall–Kier alpha value is -1.38. The highest BCUT2D eigenvalue weighted by Crippen LogP contribution is 2.30. The predicted molar refractivity (Wildman–Crippen MR) is 57.8 cm³/mol. The van der Waals surface area contributed by atoms with E-state index in [-0.39, 0.29) is 6.10 Å². The Morgan fingerprint density at radius 1 is 1.36 bits per heavy atom. The van der Waals surface area contributed by atoms with Crippen LogP contribution < -0.4 is 15.2 Å². The van der Waals surface area contributed by atoms with Crippen LogP contribution in [0.15, 0.2) is 18.2 Å². The van der Waals surface area contributed by atoms with Crippen molar-refractivity contribution in [2.75, 3.05) is 12.8 Å². The molecule has 0 aromatic heterocycles. The average molecular weight is 195 g/mol. The van der Waals surface area contributed by atoms with Gasteiger partial charge in [-0.05, 0) is 25.5 Å². The molecule has 1 aromatic rings. The third-order valence-electron chi connectivity index (χ3n) is 2.09. The van der Waals surface area contributed by atoms with E-state index in [4.69, 9.17) is 15.2 Å². The van der Waals surface area contributed by atoms with E-state index in [9.17, 15) is 0 Å². The molecule has 0 aliphatic carbocycles. The Balaban J connectivity index is 2.87. The maximum atomic E-state index is 5.66. The molecule has 0 fully saturated rings. The Morgan fingerprint density at radius 2 is 2.07 bits per heavy atom. The lowest BCUT2D eigenvalue weighted by Gasteiger charge is -2.15.